The first-order valence-electron chi connectivity index (χ1n) is 19.9. The predicted molar refractivity (Wildman–Crippen MR) is 249 cm³/mol. The van der Waals surface area contributed by atoms with Gasteiger partial charge in [-0.1, -0.05) is 0 Å². The maximum absolute atomic E-state index is 2.39. The Kier molecular flexibility index (Phi) is 7.87. The van der Waals surface area contributed by atoms with Crippen LogP contribution in [0.15, 0.2) is 170 Å². The van der Waals surface area contributed by atoms with E-state index in [1.165, 1.54) is 129 Å². The number of fused-ring (bicyclic) bond motifs is 7. The van der Waals surface area contributed by atoms with Gasteiger partial charge in [-0.2, -0.15) is 0 Å². The first-order valence-corrected chi connectivity index (χ1v) is 21.7. The van der Waals surface area contributed by atoms with E-state index in [1.807, 2.05) is 0 Å². The van der Waals surface area contributed by atoms with Crippen LogP contribution < -0.4 is 0 Å². The number of benzene rings is 10. The van der Waals surface area contributed by atoms with E-state index in [-0.39, 0.29) is 14.5 Å². The molecule has 0 N–H and O–H groups in total. The fourth-order valence-corrected chi connectivity index (χ4v) is 12.7. The minimum atomic E-state index is 0.120. The van der Waals surface area contributed by atoms with Crippen LogP contribution >= 0.6 is 0 Å². The Hall–Kier alpha value is -6.24. The number of aryl methyl sites for hydroxylation is 4. The van der Waals surface area contributed by atoms with Crippen LogP contribution in [0.1, 0.15) is 22.3 Å². The van der Waals surface area contributed by atoms with Crippen LogP contribution in [0.5, 0.6) is 0 Å². The molecule has 0 saturated carbocycles. The van der Waals surface area contributed by atoms with Crippen molar-refractivity contribution in [1.29, 1.82) is 0 Å². The Bertz CT molecular complexity index is 3290. The molecule has 0 nitrogen and oxygen atoms in total. The topological polar surface area (TPSA) is 0 Å². The molecule has 0 spiro atoms. The molecule has 11 aromatic rings. The monoisotopic (exact) mass is 792 g/mol. The van der Waals surface area contributed by atoms with Crippen LogP contribution in [0.3, 0.4) is 0 Å². The van der Waals surface area contributed by atoms with Crippen molar-refractivity contribution in [2.75, 3.05) is 0 Å². The van der Waals surface area contributed by atoms with Crippen molar-refractivity contribution < 1.29 is 0 Å². The van der Waals surface area contributed by atoms with Gasteiger partial charge in [-0.3, -0.25) is 0 Å². The molecule has 0 fully saturated rings. The van der Waals surface area contributed by atoms with Crippen LogP contribution in [0.2, 0.25) is 0 Å². The summed E-state index contributed by atoms with van der Waals surface area (Å²) < 4.78 is 2.93. The van der Waals surface area contributed by atoms with Crippen LogP contribution in [0.25, 0.3) is 107 Å². The Morgan fingerprint density at radius 1 is 0.263 bits per heavy atom. The van der Waals surface area contributed by atoms with Crippen LogP contribution in [-0.2, 0) is 0 Å². The molecule has 11 rings (SSSR count). The summed E-state index contributed by atoms with van der Waals surface area (Å²) >= 11 is 0.120. The van der Waals surface area contributed by atoms with E-state index in [0.29, 0.717) is 0 Å². The summed E-state index contributed by atoms with van der Waals surface area (Å²) in [7, 11) is 0. The minimum absolute atomic E-state index is 0.120. The van der Waals surface area contributed by atoms with Gasteiger partial charge >= 0.3 is 341 Å². The quantitative estimate of drug-likeness (QED) is 0.123. The van der Waals surface area contributed by atoms with Crippen LogP contribution in [-0.4, -0.2) is 14.5 Å². The zero-order valence-electron chi connectivity index (χ0n) is 32.6. The van der Waals surface area contributed by atoms with Crippen molar-refractivity contribution >= 4 is 76.9 Å². The van der Waals surface area contributed by atoms with E-state index in [0.717, 1.165) is 0 Å². The summed E-state index contributed by atoms with van der Waals surface area (Å²) in [6, 6.07) is 64.0. The average Bonchev–Trinajstić information content (AvgIpc) is 3.63. The fourth-order valence-electron chi connectivity index (χ4n) is 10.0. The van der Waals surface area contributed by atoms with E-state index < -0.39 is 0 Å². The number of hydrogen-bond donors (Lipinski definition) is 0. The Balaban J connectivity index is 1.24. The van der Waals surface area contributed by atoms with Crippen molar-refractivity contribution in [2.45, 2.75) is 27.7 Å². The molecule has 0 unspecified atom stereocenters. The second-order valence-electron chi connectivity index (χ2n) is 15.7. The van der Waals surface area contributed by atoms with Gasteiger partial charge in [-0.05, 0) is 0 Å². The van der Waals surface area contributed by atoms with Gasteiger partial charge in [0.1, 0.15) is 0 Å². The van der Waals surface area contributed by atoms with E-state index in [2.05, 4.69) is 198 Å². The fraction of sp³-hybridized carbons (Fsp3) is 0.0714. The van der Waals surface area contributed by atoms with Gasteiger partial charge in [0.2, 0.25) is 0 Å². The summed E-state index contributed by atoms with van der Waals surface area (Å²) in [5.41, 5.74) is 16.0. The van der Waals surface area contributed by atoms with E-state index in [9.17, 15) is 0 Å². The zero-order valence-corrected chi connectivity index (χ0v) is 34.3. The van der Waals surface area contributed by atoms with Gasteiger partial charge in [0.25, 0.3) is 0 Å². The molecule has 0 bridgehead atoms. The summed E-state index contributed by atoms with van der Waals surface area (Å²) in [5.74, 6) is 0. The van der Waals surface area contributed by atoms with Gasteiger partial charge in [0.05, 0.1) is 0 Å². The van der Waals surface area contributed by atoms with Gasteiger partial charge in [0.15, 0.2) is 0 Å². The van der Waals surface area contributed by atoms with E-state index >= 15 is 0 Å². The maximum atomic E-state index is 2.39. The molecule has 0 aliphatic rings. The Labute approximate surface area is 339 Å². The third-order valence-corrected chi connectivity index (χ3v) is 14.9. The molecule has 0 radical (unpaired) electrons. The molecule has 270 valence electrons. The summed E-state index contributed by atoms with van der Waals surface area (Å²) in [6.07, 6.45) is 0. The predicted octanol–water partition coefficient (Wildman–Crippen LogP) is 15.6. The normalized spacial score (nSPS) is 11.9. The molecule has 1 heterocycles. The molecule has 0 atom stereocenters. The third kappa shape index (κ3) is 5.06. The molecule has 0 amide bonds. The van der Waals surface area contributed by atoms with Gasteiger partial charge in [-0.15, -0.1) is 0 Å². The Morgan fingerprint density at radius 3 is 1.00 bits per heavy atom. The zero-order chi connectivity index (χ0) is 38.4. The number of hydrogen-bond acceptors (Lipinski definition) is 0. The molecule has 10 aromatic carbocycles. The first kappa shape index (κ1) is 34.0. The van der Waals surface area contributed by atoms with Crippen molar-refractivity contribution in [3.8, 4) is 44.5 Å². The third-order valence-electron chi connectivity index (χ3n) is 12.4. The SMILES string of the molecule is Cc1cccc(C)c1-c1c2ccccc2c(-c2cccc3c2[se]c2cccc(-c4c5ccccc5c(-c5c(C)cccc5C)c5ccccc45)c23)c2ccccc12. The summed E-state index contributed by atoms with van der Waals surface area (Å²) in [4.78, 5) is 0. The van der Waals surface area contributed by atoms with Crippen molar-refractivity contribution in [1.82, 2.24) is 0 Å². The van der Waals surface area contributed by atoms with Crippen molar-refractivity contribution in [3.05, 3.63) is 192 Å². The molecule has 1 heteroatoms. The van der Waals surface area contributed by atoms with E-state index in [4.69, 9.17) is 0 Å². The number of rotatable bonds is 4. The molecule has 0 saturated heterocycles. The molecular weight excluding hydrogens is 752 g/mol. The molecule has 0 aliphatic heterocycles. The Morgan fingerprint density at radius 2 is 0.579 bits per heavy atom. The second kappa shape index (κ2) is 13.2. The van der Waals surface area contributed by atoms with E-state index in [1.54, 1.807) is 0 Å². The molecule has 0 aliphatic carbocycles. The molecular formula is C56H40Se. The van der Waals surface area contributed by atoms with Gasteiger partial charge in [-0.25, -0.2) is 0 Å². The first-order chi connectivity index (χ1) is 28.0. The second-order valence-corrected chi connectivity index (χ2v) is 17.9. The average molecular weight is 792 g/mol. The summed E-state index contributed by atoms with van der Waals surface area (Å²) in [6.45, 7) is 9.02. The van der Waals surface area contributed by atoms with Crippen molar-refractivity contribution in [3.63, 3.8) is 0 Å². The summed E-state index contributed by atoms with van der Waals surface area (Å²) in [5, 5.41) is 13.2. The van der Waals surface area contributed by atoms with Gasteiger partial charge in [0, 0.05) is 0 Å². The standard InChI is InChI=1S/C56H40Se/c1-33-17-13-18-34(2)49(33)54-41-25-9-5-21-37(41)51(38-22-6-10-26-42(38)54)45-29-16-32-48-53(45)47-31-15-30-46(56(47)57-48)52-39-23-7-11-27-43(39)55(44-28-12-8-24-40(44)52)50-35(3)19-14-20-36(50)4/h5-32H,1-4H3. The van der Waals surface area contributed by atoms with Crippen LogP contribution in [0.4, 0.5) is 0 Å². The molecule has 1 aromatic heterocycles. The molecule has 57 heavy (non-hydrogen) atoms. The van der Waals surface area contributed by atoms with Crippen molar-refractivity contribution in [2.24, 2.45) is 0 Å². The van der Waals surface area contributed by atoms with Crippen LogP contribution in [0, 0.1) is 27.7 Å². The van der Waals surface area contributed by atoms with Gasteiger partial charge < -0.3 is 0 Å².